The number of aromatic amines is 1. The third kappa shape index (κ3) is 3.09. The fourth-order valence-corrected chi connectivity index (χ4v) is 1.75. The zero-order valence-electron chi connectivity index (χ0n) is 11.0. The first-order valence-corrected chi connectivity index (χ1v) is 6.01. The maximum absolute atomic E-state index is 11.8. The Hall–Kier alpha value is -2.37. The molecule has 2 rings (SSSR count). The van der Waals surface area contributed by atoms with E-state index in [1.54, 1.807) is 0 Å². The van der Waals surface area contributed by atoms with Gasteiger partial charge in [-0.15, -0.1) is 5.10 Å². The van der Waals surface area contributed by atoms with Crippen molar-refractivity contribution < 1.29 is 4.79 Å². The van der Waals surface area contributed by atoms with Gasteiger partial charge in [0.05, 0.1) is 0 Å². The summed E-state index contributed by atoms with van der Waals surface area (Å²) in [5.74, 6) is -0.123. The second-order valence-electron chi connectivity index (χ2n) is 4.97. The normalized spacial score (nSPS) is 11.3. The lowest BCUT2D eigenvalue weighted by Crippen LogP contribution is -2.37. The number of carbonyl (C=O) groups is 1. The third-order valence-electron chi connectivity index (χ3n) is 2.96. The average Bonchev–Trinajstić information content (AvgIpc) is 2.84. The van der Waals surface area contributed by atoms with Gasteiger partial charge in [0.15, 0.2) is 0 Å². The summed E-state index contributed by atoms with van der Waals surface area (Å²) in [5.41, 5.74) is 6.35. The standard InChI is InChI=1S/C13H17N5O/c1-13(2,9-6-4-3-5-7-9)8-15-11(19)10-16-12(14)18-17-10/h3-7H,8H2,1-2H3,(H,15,19)(H3,14,16,17,18). The number of H-pyrrole nitrogens is 1. The van der Waals surface area contributed by atoms with E-state index in [1.807, 2.05) is 30.3 Å². The Morgan fingerprint density at radius 2 is 2.05 bits per heavy atom. The van der Waals surface area contributed by atoms with Crippen molar-refractivity contribution in [2.45, 2.75) is 19.3 Å². The summed E-state index contributed by atoms with van der Waals surface area (Å²) in [6.07, 6.45) is 0. The van der Waals surface area contributed by atoms with Crippen LogP contribution in [0.5, 0.6) is 0 Å². The number of nitrogens with two attached hydrogens (primary N) is 1. The zero-order valence-corrected chi connectivity index (χ0v) is 11.0. The van der Waals surface area contributed by atoms with Gasteiger partial charge in [-0.1, -0.05) is 44.2 Å². The number of amides is 1. The maximum Gasteiger partial charge on any atom is 0.288 e. The fourth-order valence-electron chi connectivity index (χ4n) is 1.75. The number of aromatic nitrogens is 3. The van der Waals surface area contributed by atoms with Gasteiger partial charge < -0.3 is 11.1 Å². The molecule has 4 N–H and O–H groups in total. The quantitative estimate of drug-likeness (QED) is 0.765. The Balaban J connectivity index is 2.00. The largest absolute Gasteiger partial charge is 0.366 e. The van der Waals surface area contributed by atoms with Crippen LogP contribution in [0.1, 0.15) is 30.0 Å². The predicted octanol–water partition coefficient (Wildman–Crippen LogP) is 1.09. The summed E-state index contributed by atoms with van der Waals surface area (Å²) in [5, 5.41) is 8.93. The minimum Gasteiger partial charge on any atom is -0.366 e. The van der Waals surface area contributed by atoms with Crippen LogP contribution in [0.25, 0.3) is 0 Å². The number of rotatable bonds is 4. The summed E-state index contributed by atoms with van der Waals surface area (Å²) in [4.78, 5) is 15.6. The Kier molecular flexibility index (Phi) is 3.50. The van der Waals surface area contributed by atoms with E-state index in [4.69, 9.17) is 5.73 Å². The van der Waals surface area contributed by atoms with E-state index in [9.17, 15) is 4.79 Å². The van der Waals surface area contributed by atoms with Crippen LogP contribution in [0, 0.1) is 0 Å². The molecule has 1 amide bonds. The number of hydrogen-bond acceptors (Lipinski definition) is 4. The molecule has 6 heteroatoms. The van der Waals surface area contributed by atoms with Crippen LogP contribution in [0.15, 0.2) is 30.3 Å². The molecule has 1 aromatic heterocycles. The van der Waals surface area contributed by atoms with Gasteiger partial charge in [-0.3, -0.25) is 9.89 Å². The first-order valence-electron chi connectivity index (χ1n) is 6.01. The van der Waals surface area contributed by atoms with Gasteiger partial charge in [-0.2, -0.15) is 4.98 Å². The Bertz CT molecular complexity index is 561. The second-order valence-corrected chi connectivity index (χ2v) is 4.97. The molecular weight excluding hydrogens is 242 g/mol. The summed E-state index contributed by atoms with van der Waals surface area (Å²) >= 11 is 0. The SMILES string of the molecule is CC(C)(CNC(=O)c1nc(N)n[nH]1)c1ccccc1. The van der Waals surface area contributed by atoms with Crippen LogP contribution in [-0.2, 0) is 5.41 Å². The highest BCUT2D eigenvalue weighted by Gasteiger charge is 2.22. The van der Waals surface area contributed by atoms with Gasteiger partial charge in [-0.25, -0.2) is 0 Å². The molecule has 0 aliphatic heterocycles. The molecule has 0 radical (unpaired) electrons. The minimum absolute atomic E-state index is 0.0625. The van der Waals surface area contributed by atoms with Crippen molar-refractivity contribution in [2.24, 2.45) is 0 Å². The van der Waals surface area contributed by atoms with Crippen molar-refractivity contribution >= 4 is 11.9 Å². The molecule has 0 atom stereocenters. The van der Waals surface area contributed by atoms with Crippen LogP contribution >= 0.6 is 0 Å². The molecule has 0 aliphatic carbocycles. The first-order chi connectivity index (χ1) is 8.99. The van der Waals surface area contributed by atoms with Gasteiger partial charge in [-0.05, 0) is 5.56 Å². The second kappa shape index (κ2) is 5.09. The maximum atomic E-state index is 11.8. The lowest BCUT2D eigenvalue weighted by atomic mass is 9.84. The van der Waals surface area contributed by atoms with Crippen LogP contribution in [0.4, 0.5) is 5.95 Å². The summed E-state index contributed by atoms with van der Waals surface area (Å²) in [6.45, 7) is 4.63. The van der Waals surface area contributed by atoms with E-state index in [-0.39, 0.29) is 23.1 Å². The first kappa shape index (κ1) is 13.1. The summed E-state index contributed by atoms with van der Waals surface area (Å²) in [7, 11) is 0. The molecule has 0 bridgehead atoms. The number of nitrogens with one attached hydrogen (secondary N) is 2. The van der Waals surface area contributed by atoms with E-state index in [1.165, 1.54) is 0 Å². The molecule has 0 unspecified atom stereocenters. The molecule has 100 valence electrons. The summed E-state index contributed by atoms with van der Waals surface area (Å²) in [6, 6.07) is 10.0. The number of nitrogens with zero attached hydrogens (tertiary/aromatic N) is 2. The third-order valence-corrected chi connectivity index (χ3v) is 2.96. The number of hydrogen-bond donors (Lipinski definition) is 3. The number of carbonyl (C=O) groups excluding carboxylic acids is 1. The molecule has 0 fully saturated rings. The van der Waals surface area contributed by atoms with Crippen LogP contribution in [0.3, 0.4) is 0 Å². The van der Waals surface area contributed by atoms with Gasteiger partial charge in [0.1, 0.15) is 0 Å². The topological polar surface area (TPSA) is 96.7 Å². The lowest BCUT2D eigenvalue weighted by Gasteiger charge is -2.25. The van der Waals surface area contributed by atoms with Crippen molar-refractivity contribution in [3.05, 3.63) is 41.7 Å². The molecule has 0 saturated carbocycles. The molecule has 1 heterocycles. The van der Waals surface area contributed by atoms with Gasteiger partial charge in [0, 0.05) is 12.0 Å². The number of nitrogen functional groups attached to an aromatic ring is 1. The Labute approximate surface area is 111 Å². The predicted molar refractivity (Wildman–Crippen MR) is 72.6 cm³/mol. The van der Waals surface area contributed by atoms with Crippen LogP contribution in [-0.4, -0.2) is 27.6 Å². The van der Waals surface area contributed by atoms with Crippen LogP contribution < -0.4 is 11.1 Å². The molecule has 2 aromatic rings. The van der Waals surface area contributed by atoms with Crippen molar-refractivity contribution in [1.82, 2.24) is 20.5 Å². The zero-order chi connectivity index (χ0) is 13.9. The molecular formula is C13H17N5O. The van der Waals surface area contributed by atoms with Crippen molar-refractivity contribution in [1.29, 1.82) is 0 Å². The highest BCUT2D eigenvalue weighted by atomic mass is 16.2. The van der Waals surface area contributed by atoms with E-state index in [2.05, 4.69) is 34.3 Å². The highest BCUT2D eigenvalue weighted by molar-refractivity contribution is 5.90. The Morgan fingerprint density at radius 3 is 2.63 bits per heavy atom. The van der Waals surface area contributed by atoms with E-state index < -0.39 is 0 Å². The summed E-state index contributed by atoms with van der Waals surface area (Å²) < 4.78 is 0. The number of anilines is 1. The highest BCUT2D eigenvalue weighted by Crippen LogP contribution is 2.21. The molecule has 19 heavy (non-hydrogen) atoms. The molecule has 0 spiro atoms. The smallest absolute Gasteiger partial charge is 0.288 e. The van der Waals surface area contributed by atoms with E-state index in [0.717, 1.165) is 5.56 Å². The van der Waals surface area contributed by atoms with E-state index in [0.29, 0.717) is 6.54 Å². The van der Waals surface area contributed by atoms with Gasteiger partial charge in [0.2, 0.25) is 11.8 Å². The van der Waals surface area contributed by atoms with E-state index >= 15 is 0 Å². The monoisotopic (exact) mass is 259 g/mol. The molecule has 0 aliphatic rings. The molecule has 0 saturated heterocycles. The lowest BCUT2D eigenvalue weighted by molar-refractivity contribution is 0.0935. The Morgan fingerprint density at radius 1 is 1.37 bits per heavy atom. The molecule has 1 aromatic carbocycles. The van der Waals surface area contributed by atoms with Gasteiger partial charge >= 0.3 is 0 Å². The fraction of sp³-hybridized carbons (Fsp3) is 0.308. The molecule has 6 nitrogen and oxygen atoms in total. The van der Waals surface area contributed by atoms with Crippen LogP contribution in [0.2, 0.25) is 0 Å². The average molecular weight is 259 g/mol. The van der Waals surface area contributed by atoms with Crippen molar-refractivity contribution in [3.8, 4) is 0 Å². The minimum atomic E-state index is -0.312. The van der Waals surface area contributed by atoms with Gasteiger partial charge in [0.25, 0.3) is 5.91 Å². The van der Waals surface area contributed by atoms with Crippen molar-refractivity contribution in [2.75, 3.05) is 12.3 Å². The number of benzene rings is 1. The van der Waals surface area contributed by atoms with Crippen molar-refractivity contribution in [3.63, 3.8) is 0 Å².